The number of allylic oxidation sites excluding steroid dienone is 5. The van der Waals surface area contributed by atoms with E-state index in [4.69, 9.17) is 5.11 Å². The van der Waals surface area contributed by atoms with E-state index in [1.165, 1.54) is 51.4 Å². The highest BCUT2D eigenvalue weighted by atomic mass is 16.4. The molecule has 20 heavy (non-hydrogen) atoms. The summed E-state index contributed by atoms with van der Waals surface area (Å²) in [6, 6.07) is 0. The van der Waals surface area contributed by atoms with Crippen LogP contribution in [-0.2, 0) is 4.79 Å². The normalized spacial score (nSPS) is 12.1. The molecular weight excluding hydrogens is 248 g/mol. The summed E-state index contributed by atoms with van der Waals surface area (Å²) in [7, 11) is 0. The van der Waals surface area contributed by atoms with Gasteiger partial charge in [0.05, 0.1) is 0 Å². The average molecular weight is 278 g/mol. The van der Waals surface area contributed by atoms with Gasteiger partial charge in [0, 0.05) is 6.08 Å². The summed E-state index contributed by atoms with van der Waals surface area (Å²) in [4.78, 5) is 10.2. The Morgan fingerprint density at radius 3 is 1.90 bits per heavy atom. The summed E-state index contributed by atoms with van der Waals surface area (Å²) >= 11 is 0. The van der Waals surface area contributed by atoms with Crippen LogP contribution in [0.5, 0.6) is 0 Å². The zero-order valence-corrected chi connectivity index (χ0v) is 12.9. The summed E-state index contributed by atoms with van der Waals surface area (Å²) in [6.45, 7) is 2.17. The van der Waals surface area contributed by atoms with Gasteiger partial charge in [0.15, 0.2) is 0 Å². The molecule has 0 atom stereocenters. The lowest BCUT2D eigenvalue weighted by Crippen LogP contribution is -1.84. The first-order valence-corrected chi connectivity index (χ1v) is 7.98. The minimum atomic E-state index is -0.889. The third-order valence-electron chi connectivity index (χ3n) is 3.13. The van der Waals surface area contributed by atoms with Gasteiger partial charge in [-0.2, -0.15) is 0 Å². The van der Waals surface area contributed by atoms with E-state index in [1.807, 2.05) is 12.2 Å². The molecule has 0 spiro atoms. The molecule has 0 aliphatic carbocycles. The van der Waals surface area contributed by atoms with Gasteiger partial charge in [-0.1, -0.05) is 69.4 Å². The summed E-state index contributed by atoms with van der Waals surface area (Å²) in [6.07, 6.45) is 23.8. The molecule has 0 aliphatic rings. The fourth-order valence-corrected chi connectivity index (χ4v) is 2.01. The van der Waals surface area contributed by atoms with Crippen molar-refractivity contribution in [1.29, 1.82) is 0 Å². The number of hydrogen-bond acceptors (Lipinski definition) is 1. The predicted molar refractivity (Wildman–Crippen MR) is 86.9 cm³/mol. The van der Waals surface area contributed by atoms with E-state index in [-0.39, 0.29) is 0 Å². The highest BCUT2D eigenvalue weighted by Crippen LogP contribution is 2.10. The van der Waals surface area contributed by atoms with Crippen LogP contribution in [0.2, 0.25) is 0 Å². The van der Waals surface area contributed by atoms with E-state index in [9.17, 15) is 4.79 Å². The molecule has 1 N–H and O–H groups in total. The van der Waals surface area contributed by atoms with Crippen LogP contribution in [0.1, 0.15) is 71.1 Å². The number of carboxylic acid groups (broad SMARTS) is 1. The third-order valence-corrected chi connectivity index (χ3v) is 3.13. The van der Waals surface area contributed by atoms with Crippen LogP contribution in [0, 0.1) is 0 Å². The van der Waals surface area contributed by atoms with Gasteiger partial charge in [0.2, 0.25) is 0 Å². The van der Waals surface area contributed by atoms with Gasteiger partial charge in [-0.3, -0.25) is 0 Å². The maximum atomic E-state index is 10.2. The minimum absolute atomic E-state index is 0.889. The minimum Gasteiger partial charge on any atom is -0.478 e. The molecule has 114 valence electrons. The van der Waals surface area contributed by atoms with E-state index in [2.05, 4.69) is 19.1 Å². The van der Waals surface area contributed by atoms with Crippen LogP contribution in [0.4, 0.5) is 0 Å². The Bertz CT molecular complexity index is 301. The van der Waals surface area contributed by atoms with Gasteiger partial charge in [0.1, 0.15) is 0 Å². The quantitative estimate of drug-likeness (QED) is 0.204. The van der Waals surface area contributed by atoms with Gasteiger partial charge in [-0.05, 0) is 32.1 Å². The highest BCUT2D eigenvalue weighted by molar-refractivity contribution is 5.80. The van der Waals surface area contributed by atoms with Crippen molar-refractivity contribution in [3.8, 4) is 0 Å². The molecule has 0 amide bonds. The number of aliphatic carboxylic acids is 1. The van der Waals surface area contributed by atoms with Crippen molar-refractivity contribution in [3.63, 3.8) is 0 Å². The number of unbranched alkanes of at least 4 members (excludes halogenated alkanes) is 8. The second-order valence-corrected chi connectivity index (χ2v) is 5.06. The van der Waals surface area contributed by atoms with Gasteiger partial charge in [0.25, 0.3) is 0 Å². The Morgan fingerprint density at radius 2 is 1.35 bits per heavy atom. The average Bonchev–Trinajstić information content (AvgIpc) is 2.43. The van der Waals surface area contributed by atoms with E-state index in [0.717, 1.165) is 18.9 Å². The lowest BCUT2D eigenvalue weighted by atomic mass is 10.1. The van der Waals surface area contributed by atoms with Crippen LogP contribution in [0.25, 0.3) is 0 Å². The first-order chi connectivity index (χ1) is 9.77. The second-order valence-electron chi connectivity index (χ2n) is 5.06. The zero-order valence-electron chi connectivity index (χ0n) is 12.9. The van der Waals surface area contributed by atoms with Crippen LogP contribution >= 0.6 is 0 Å². The number of hydrogen-bond donors (Lipinski definition) is 1. The van der Waals surface area contributed by atoms with E-state index >= 15 is 0 Å². The molecule has 0 saturated heterocycles. The Labute approximate surface area is 124 Å². The van der Waals surface area contributed by atoms with Crippen molar-refractivity contribution in [3.05, 3.63) is 36.5 Å². The largest absolute Gasteiger partial charge is 0.478 e. The molecule has 0 aromatic heterocycles. The molecule has 0 heterocycles. The fourth-order valence-electron chi connectivity index (χ4n) is 2.01. The van der Waals surface area contributed by atoms with E-state index < -0.39 is 5.97 Å². The van der Waals surface area contributed by atoms with Gasteiger partial charge in [-0.25, -0.2) is 4.79 Å². The highest BCUT2D eigenvalue weighted by Gasteiger charge is 1.90. The van der Waals surface area contributed by atoms with E-state index in [1.54, 1.807) is 6.08 Å². The molecule has 2 heteroatoms. The number of carboxylic acids is 1. The fraction of sp³-hybridized carbons (Fsp3) is 0.611. The lowest BCUT2D eigenvalue weighted by Gasteiger charge is -2.00. The summed E-state index contributed by atoms with van der Waals surface area (Å²) in [5, 5.41) is 8.39. The molecule has 0 radical (unpaired) electrons. The molecule has 2 nitrogen and oxygen atoms in total. The van der Waals surface area contributed by atoms with E-state index in [0.29, 0.717) is 0 Å². The monoisotopic (exact) mass is 278 g/mol. The first kappa shape index (κ1) is 18.7. The predicted octanol–water partition coefficient (Wildman–Crippen LogP) is 5.66. The molecule has 0 unspecified atom stereocenters. The summed E-state index contributed by atoms with van der Waals surface area (Å²) < 4.78 is 0. The topological polar surface area (TPSA) is 37.3 Å². The first-order valence-electron chi connectivity index (χ1n) is 7.98. The molecule has 0 aliphatic heterocycles. The van der Waals surface area contributed by atoms with Crippen molar-refractivity contribution in [2.75, 3.05) is 0 Å². The van der Waals surface area contributed by atoms with Crippen molar-refractivity contribution in [2.24, 2.45) is 0 Å². The van der Waals surface area contributed by atoms with Gasteiger partial charge < -0.3 is 5.11 Å². The molecular formula is C18H30O2. The second kappa shape index (κ2) is 15.7. The van der Waals surface area contributed by atoms with Crippen molar-refractivity contribution < 1.29 is 9.90 Å². The standard InChI is InChI=1S/C18H30O2/c1-2-3-4-5-6-7-8-9-10-11-12-13-14-15-16-17-18(19)20/h3-4,14-17H,2,5-13H2,1H3,(H,19,20)/b4-3?,15-14-,17-16?. The number of rotatable bonds is 13. The van der Waals surface area contributed by atoms with Gasteiger partial charge >= 0.3 is 5.97 Å². The lowest BCUT2D eigenvalue weighted by molar-refractivity contribution is -0.131. The maximum Gasteiger partial charge on any atom is 0.328 e. The Kier molecular flexibility index (Phi) is 14.7. The third kappa shape index (κ3) is 16.7. The molecule has 0 bridgehead atoms. The molecule has 0 saturated carbocycles. The van der Waals surface area contributed by atoms with Crippen LogP contribution in [-0.4, -0.2) is 11.1 Å². The smallest absolute Gasteiger partial charge is 0.328 e. The molecule has 0 aromatic rings. The van der Waals surface area contributed by atoms with Crippen molar-refractivity contribution in [2.45, 2.75) is 71.1 Å². The zero-order chi connectivity index (χ0) is 14.9. The molecule has 0 rings (SSSR count). The van der Waals surface area contributed by atoms with Crippen molar-refractivity contribution in [1.82, 2.24) is 0 Å². The number of carbonyl (C=O) groups is 1. The summed E-state index contributed by atoms with van der Waals surface area (Å²) in [5.74, 6) is -0.889. The van der Waals surface area contributed by atoms with Crippen LogP contribution in [0.15, 0.2) is 36.5 Å². The van der Waals surface area contributed by atoms with Crippen molar-refractivity contribution >= 4 is 5.97 Å². The SMILES string of the molecule is CCC=CCCCCCCCCC/C=C\C=CC(=O)O. The Hall–Kier alpha value is -1.31. The van der Waals surface area contributed by atoms with Crippen LogP contribution < -0.4 is 0 Å². The Balaban J connectivity index is 3.17. The summed E-state index contributed by atoms with van der Waals surface area (Å²) in [5.41, 5.74) is 0. The molecule has 0 aromatic carbocycles. The Morgan fingerprint density at radius 1 is 0.800 bits per heavy atom. The maximum absolute atomic E-state index is 10.2. The molecule has 0 fully saturated rings. The van der Waals surface area contributed by atoms with Crippen LogP contribution in [0.3, 0.4) is 0 Å². The van der Waals surface area contributed by atoms with Gasteiger partial charge in [-0.15, -0.1) is 0 Å².